The summed E-state index contributed by atoms with van der Waals surface area (Å²) in [5, 5.41) is 2.48. The standard InChI is InChI=1S/C21H25N3O7S2/c1-16(23-32(27,28)18-9-3-2-4-10-18)21(26)31-15-20(25)22-17-8-7-11-19(14-17)33(29,30)24-12-5-6-13-24/h2-4,7-11,14,16,23H,5-6,12-13,15H2,1H3,(H,22,25)/t16-/m0/s1. The van der Waals surface area contributed by atoms with Crippen molar-refractivity contribution in [2.75, 3.05) is 25.0 Å². The third kappa shape index (κ3) is 6.38. The maximum atomic E-state index is 12.7. The molecule has 0 aliphatic carbocycles. The molecule has 1 atom stereocenters. The van der Waals surface area contributed by atoms with E-state index in [0.717, 1.165) is 12.8 Å². The van der Waals surface area contributed by atoms with E-state index in [9.17, 15) is 26.4 Å². The molecule has 0 aromatic heterocycles. The van der Waals surface area contributed by atoms with Crippen LogP contribution < -0.4 is 10.0 Å². The van der Waals surface area contributed by atoms with Crippen LogP contribution in [0.1, 0.15) is 19.8 Å². The third-order valence-electron chi connectivity index (χ3n) is 4.91. The molecule has 2 aromatic rings. The fraction of sp³-hybridized carbons (Fsp3) is 0.333. The summed E-state index contributed by atoms with van der Waals surface area (Å²) in [7, 11) is -7.57. The number of rotatable bonds is 9. The zero-order chi connectivity index (χ0) is 24.1. The molecule has 1 saturated heterocycles. The molecule has 12 heteroatoms. The topological polar surface area (TPSA) is 139 Å². The number of carbonyl (C=O) groups is 2. The van der Waals surface area contributed by atoms with Crippen molar-refractivity contribution in [1.82, 2.24) is 9.03 Å². The number of carbonyl (C=O) groups excluding carboxylic acids is 2. The molecule has 1 fully saturated rings. The highest BCUT2D eigenvalue weighted by Gasteiger charge is 2.27. The Morgan fingerprint density at radius 2 is 1.61 bits per heavy atom. The quantitative estimate of drug-likeness (QED) is 0.500. The van der Waals surface area contributed by atoms with E-state index in [-0.39, 0.29) is 15.5 Å². The first-order chi connectivity index (χ1) is 15.6. The molecule has 33 heavy (non-hydrogen) atoms. The molecule has 1 aliphatic rings. The van der Waals surface area contributed by atoms with E-state index >= 15 is 0 Å². The van der Waals surface area contributed by atoms with Crippen molar-refractivity contribution < 1.29 is 31.2 Å². The normalized spacial score (nSPS) is 15.7. The highest BCUT2D eigenvalue weighted by Crippen LogP contribution is 2.23. The molecule has 0 radical (unpaired) electrons. The molecule has 1 aliphatic heterocycles. The molecular weight excluding hydrogens is 470 g/mol. The average Bonchev–Trinajstić information content (AvgIpc) is 3.34. The summed E-state index contributed by atoms with van der Waals surface area (Å²) in [5.41, 5.74) is 0.231. The number of nitrogens with one attached hydrogen (secondary N) is 2. The van der Waals surface area contributed by atoms with Crippen molar-refractivity contribution in [1.29, 1.82) is 0 Å². The number of anilines is 1. The lowest BCUT2D eigenvalue weighted by atomic mass is 10.3. The summed E-state index contributed by atoms with van der Waals surface area (Å²) >= 11 is 0. The summed E-state index contributed by atoms with van der Waals surface area (Å²) in [6, 6.07) is 12.1. The van der Waals surface area contributed by atoms with E-state index in [1.807, 2.05) is 0 Å². The molecule has 0 saturated carbocycles. The van der Waals surface area contributed by atoms with Gasteiger partial charge in [0.2, 0.25) is 20.0 Å². The largest absolute Gasteiger partial charge is 0.454 e. The van der Waals surface area contributed by atoms with Gasteiger partial charge in [-0.3, -0.25) is 9.59 Å². The number of ether oxygens (including phenoxy) is 1. The molecule has 3 rings (SSSR count). The Bertz CT molecular complexity index is 1210. The first-order valence-corrected chi connectivity index (χ1v) is 13.2. The van der Waals surface area contributed by atoms with Crippen molar-refractivity contribution in [3.63, 3.8) is 0 Å². The minimum Gasteiger partial charge on any atom is -0.454 e. The van der Waals surface area contributed by atoms with Crippen LogP contribution in [0.4, 0.5) is 5.69 Å². The van der Waals surface area contributed by atoms with Crippen molar-refractivity contribution in [3.8, 4) is 0 Å². The van der Waals surface area contributed by atoms with E-state index in [1.54, 1.807) is 18.2 Å². The minimum atomic E-state index is -3.93. The van der Waals surface area contributed by atoms with E-state index < -0.39 is 44.6 Å². The molecule has 0 unspecified atom stereocenters. The summed E-state index contributed by atoms with van der Waals surface area (Å²) in [6.07, 6.45) is 1.61. The summed E-state index contributed by atoms with van der Waals surface area (Å²) in [4.78, 5) is 24.4. The second kappa shape index (κ2) is 10.4. The van der Waals surface area contributed by atoms with Gasteiger partial charge in [-0.2, -0.15) is 9.03 Å². The van der Waals surface area contributed by atoms with E-state index in [1.165, 1.54) is 47.6 Å². The second-order valence-electron chi connectivity index (χ2n) is 7.45. The van der Waals surface area contributed by atoms with Gasteiger partial charge in [0, 0.05) is 18.8 Å². The summed E-state index contributed by atoms with van der Waals surface area (Å²) in [6.45, 7) is 1.55. The summed E-state index contributed by atoms with van der Waals surface area (Å²) < 4.78 is 58.4. The van der Waals surface area contributed by atoms with Gasteiger partial charge in [0.25, 0.3) is 5.91 Å². The Hall–Kier alpha value is -2.80. The van der Waals surface area contributed by atoms with Crippen LogP contribution in [0.5, 0.6) is 0 Å². The summed E-state index contributed by atoms with van der Waals surface area (Å²) in [5.74, 6) is -1.63. The van der Waals surface area contributed by atoms with Gasteiger partial charge < -0.3 is 10.1 Å². The molecule has 1 heterocycles. The van der Waals surface area contributed by atoms with Crippen molar-refractivity contribution in [2.24, 2.45) is 0 Å². The Kier molecular flexibility index (Phi) is 7.84. The first kappa shape index (κ1) is 24.8. The fourth-order valence-corrected chi connectivity index (χ4v) is 6.00. The van der Waals surface area contributed by atoms with Crippen molar-refractivity contribution in [2.45, 2.75) is 35.6 Å². The number of benzene rings is 2. The molecule has 178 valence electrons. The van der Waals surface area contributed by atoms with Crippen LogP contribution in [0.3, 0.4) is 0 Å². The lowest BCUT2D eigenvalue weighted by molar-refractivity contribution is -0.148. The van der Waals surface area contributed by atoms with Crippen LogP contribution in [0.15, 0.2) is 64.4 Å². The first-order valence-electron chi connectivity index (χ1n) is 10.2. The highest BCUT2D eigenvalue weighted by atomic mass is 32.2. The van der Waals surface area contributed by atoms with Crippen LogP contribution in [-0.4, -0.2) is 58.8 Å². The fourth-order valence-electron chi connectivity index (χ4n) is 3.22. The van der Waals surface area contributed by atoms with Gasteiger partial charge in [0.1, 0.15) is 6.04 Å². The van der Waals surface area contributed by atoms with E-state index in [0.29, 0.717) is 13.1 Å². The Balaban J connectivity index is 1.54. The number of esters is 1. The molecule has 10 nitrogen and oxygen atoms in total. The predicted molar refractivity (Wildman–Crippen MR) is 120 cm³/mol. The number of hydrogen-bond donors (Lipinski definition) is 2. The highest BCUT2D eigenvalue weighted by molar-refractivity contribution is 7.89. The van der Waals surface area contributed by atoms with E-state index in [4.69, 9.17) is 4.74 Å². The second-order valence-corrected chi connectivity index (χ2v) is 11.1. The van der Waals surface area contributed by atoms with Crippen molar-refractivity contribution >= 4 is 37.6 Å². The maximum Gasteiger partial charge on any atom is 0.324 e. The van der Waals surface area contributed by atoms with Crippen LogP contribution >= 0.6 is 0 Å². The smallest absolute Gasteiger partial charge is 0.324 e. The molecule has 2 aromatic carbocycles. The molecule has 2 N–H and O–H groups in total. The van der Waals surface area contributed by atoms with Gasteiger partial charge in [-0.25, -0.2) is 16.8 Å². The predicted octanol–water partition coefficient (Wildman–Crippen LogP) is 1.32. The van der Waals surface area contributed by atoms with Crippen molar-refractivity contribution in [3.05, 3.63) is 54.6 Å². The van der Waals surface area contributed by atoms with Gasteiger partial charge in [0.15, 0.2) is 6.61 Å². The Morgan fingerprint density at radius 3 is 2.27 bits per heavy atom. The Labute approximate surface area is 193 Å². The van der Waals surface area contributed by atoms with Gasteiger partial charge in [-0.1, -0.05) is 24.3 Å². The number of amides is 1. The number of hydrogen-bond acceptors (Lipinski definition) is 7. The molecular formula is C21H25N3O7S2. The van der Waals surface area contributed by atoms with Crippen LogP contribution in [0.25, 0.3) is 0 Å². The van der Waals surface area contributed by atoms with E-state index in [2.05, 4.69) is 10.0 Å². The average molecular weight is 496 g/mol. The van der Waals surface area contributed by atoms with Gasteiger partial charge in [-0.05, 0) is 50.1 Å². The minimum absolute atomic E-state index is 0.00819. The molecule has 0 spiro atoms. The zero-order valence-electron chi connectivity index (χ0n) is 17.9. The van der Waals surface area contributed by atoms with Gasteiger partial charge in [0.05, 0.1) is 9.79 Å². The number of sulfonamides is 2. The number of nitrogens with zero attached hydrogens (tertiary/aromatic N) is 1. The van der Waals surface area contributed by atoms with Crippen LogP contribution in [0.2, 0.25) is 0 Å². The van der Waals surface area contributed by atoms with Gasteiger partial charge in [-0.15, -0.1) is 0 Å². The van der Waals surface area contributed by atoms with Gasteiger partial charge >= 0.3 is 5.97 Å². The Morgan fingerprint density at radius 1 is 0.970 bits per heavy atom. The molecule has 1 amide bonds. The third-order valence-corrected chi connectivity index (χ3v) is 8.36. The van der Waals surface area contributed by atoms with Crippen LogP contribution in [0, 0.1) is 0 Å². The SMILES string of the molecule is C[C@H](NS(=O)(=O)c1ccccc1)C(=O)OCC(=O)Nc1cccc(S(=O)(=O)N2CCCC2)c1. The molecule has 0 bridgehead atoms. The monoisotopic (exact) mass is 495 g/mol. The lowest BCUT2D eigenvalue weighted by Crippen LogP contribution is -2.40. The van der Waals surface area contributed by atoms with Crippen LogP contribution in [-0.2, 0) is 34.4 Å². The zero-order valence-corrected chi connectivity index (χ0v) is 19.6. The lowest BCUT2D eigenvalue weighted by Gasteiger charge is -2.16. The maximum absolute atomic E-state index is 12.7.